The molecule has 5 rings (SSSR count). The standard InChI is InChI=1S/C33H29F2N5O3/c1-40(2)17-16-37-32(42)30-28(21-6-4-3-5-7-21)29-26(14-15-36-31(29)39-33(30)43)38-23-11-8-20(9-12-23)18-27(41)22-10-13-24(34)25(35)19-22/h3-15,19H,16-18H2,1-2H3,(H,37,42)(H2,36,38,39,43). The highest BCUT2D eigenvalue weighted by atomic mass is 19.2. The maximum atomic E-state index is 13.6. The third-order valence-electron chi connectivity index (χ3n) is 6.88. The van der Waals surface area contributed by atoms with Crippen molar-refractivity contribution in [3.05, 3.63) is 124 Å². The van der Waals surface area contributed by atoms with Gasteiger partial charge in [-0.1, -0.05) is 42.5 Å². The Hall–Kier alpha value is -5.22. The zero-order valence-corrected chi connectivity index (χ0v) is 23.6. The molecule has 0 bridgehead atoms. The number of pyridine rings is 2. The Kier molecular flexibility index (Phi) is 8.68. The molecule has 0 atom stereocenters. The number of rotatable bonds is 10. The third kappa shape index (κ3) is 6.65. The van der Waals surface area contributed by atoms with E-state index in [0.29, 0.717) is 52.2 Å². The molecule has 2 aromatic heterocycles. The number of halogens is 2. The number of fused-ring (bicyclic) bond motifs is 1. The number of amides is 1. The molecule has 3 aromatic carbocycles. The molecule has 0 radical (unpaired) electrons. The van der Waals surface area contributed by atoms with E-state index in [1.165, 1.54) is 6.07 Å². The van der Waals surface area contributed by atoms with Crippen LogP contribution in [-0.4, -0.2) is 53.7 Å². The van der Waals surface area contributed by atoms with E-state index >= 15 is 0 Å². The van der Waals surface area contributed by atoms with Gasteiger partial charge in [-0.3, -0.25) is 14.4 Å². The second-order valence-electron chi connectivity index (χ2n) is 10.3. The van der Waals surface area contributed by atoms with Crippen molar-refractivity contribution in [2.45, 2.75) is 6.42 Å². The number of carbonyl (C=O) groups is 2. The predicted octanol–water partition coefficient (Wildman–Crippen LogP) is 5.33. The summed E-state index contributed by atoms with van der Waals surface area (Å²) < 4.78 is 26.8. The highest BCUT2D eigenvalue weighted by Crippen LogP contribution is 2.35. The van der Waals surface area contributed by atoms with Gasteiger partial charge < -0.3 is 20.5 Å². The number of hydrogen-bond acceptors (Lipinski definition) is 6. The molecule has 1 amide bonds. The second kappa shape index (κ2) is 12.7. The lowest BCUT2D eigenvalue weighted by Gasteiger charge is -2.17. The molecule has 2 heterocycles. The minimum atomic E-state index is -1.07. The number of aromatic nitrogens is 2. The molecule has 0 saturated heterocycles. The number of nitrogens with zero attached hydrogens (tertiary/aromatic N) is 2. The molecule has 0 aliphatic carbocycles. The minimum absolute atomic E-state index is 0.00915. The van der Waals surface area contributed by atoms with Gasteiger partial charge in [0.25, 0.3) is 11.5 Å². The van der Waals surface area contributed by atoms with E-state index in [9.17, 15) is 23.2 Å². The summed E-state index contributed by atoms with van der Waals surface area (Å²) in [5.41, 5.74) is 2.94. The van der Waals surface area contributed by atoms with Gasteiger partial charge in [0.15, 0.2) is 17.4 Å². The monoisotopic (exact) mass is 581 g/mol. The summed E-state index contributed by atoms with van der Waals surface area (Å²) in [4.78, 5) is 48.3. The first-order chi connectivity index (χ1) is 20.7. The molecule has 10 heteroatoms. The van der Waals surface area contributed by atoms with Crippen molar-refractivity contribution in [3.8, 4) is 11.1 Å². The van der Waals surface area contributed by atoms with E-state index in [0.717, 1.165) is 12.1 Å². The first-order valence-corrected chi connectivity index (χ1v) is 13.6. The number of likely N-dealkylation sites (N-methyl/N-ethyl adjacent to an activating group) is 1. The molecule has 0 saturated carbocycles. The van der Waals surface area contributed by atoms with Crippen molar-refractivity contribution in [2.24, 2.45) is 0 Å². The summed E-state index contributed by atoms with van der Waals surface area (Å²) >= 11 is 0. The molecule has 0 aliphatic rings. The van der Waals surface area contributed by atoms with Crippen molar-refractivity contribution in [1.29, 1.82) is 0 Å². The zero-order chi connectivity index (χ0) is 30.5. The second-order valence-corrected chi connectivity index (χ2v) is 10.3. The first-order valence-electron chi connectivity index (χ1n) is 13.6. The summed E-state index contributed by atoms with van der Waals surface area (Å²) in [6, 6.07) is 21.1. The van der Waals surface area contributed by atoms with Crippen LogP contribution in [0.25, 0.3) is 22.2 Å². The predicted molar refractivity (Wildman–Crippen MR) is 163 cm³/mol. The van der Waals surface area contributed by atoms with Gasteiger partial charge in [-0.15, -0.1) is 0 Å². The minimum Gasteiger partial charge on any atom is -0.355 e. The Balaban J connectivity index is 1.49. The van der Waals surface area contributed by atoms with Crippen LogP contribution >= 0.6 is 0 Å². The van der Waals surface area contributed by atoms with Crippen LogP contribution < -0.4 is 16.2 Å². The number of ketones is 1. The fourth-order valence-corrected chi connectivity index (χ4v) is 4.73. The van der Waals surface area contributed by atoms with Crippen LogP contribution in [0.4, 0.5) is 20.2 Å². The lowest BCUT2D eigenvalue weighted by Crippen LogP contribution is -2.35. The lowest BCUT2D eigenvalue weighted by molar-refractivity contribution is 0.0949. The number of hydrogen-bond donors (Lipinski definition) is 3. The third-order valence-corrected chi connectivity index (χ3v) is 6.88. The molecule has 3 N–H and O–H groups in total. The van der Waals surface area contributed by atoms with E-state index in [1.54, 1.807) is 36.5 Å². The van der Waals surface area contributed by atoms with Crippen LogP contribution in [0.3, 0.4) is 0 Å². The smallest absolute Gasteiger partial charge is 0.263 e. The van der Waals surface area contributed by atoms with Crippen LogP contribution in [0, 0.1) is 11.6 Å². The Morgan fingerprint density at radius 1 is 0.930 bits per heavy atom. The highest BCUT2D eigenvalue weighted by Gasteiger charge is 2.23. The maximum absolute atomic E-state index is 13.6. The molecular formula is C33H29F2N5O3. The molecular weight excluding hydrogens is 552 g/mol. The molecule has 0 aliphatic heterocycles. The van der Waals surface area contributed by atoms with Gasteiger partial charge in [0.2, 0.25) is 0 Å². The Morgan fingerprint density at radius 2 is 1.67 bits per heavy atom. The van der Waals surface area contributed by atoms with Crippen LogP contribution in [-0.2, 0) is 6.42 Å². The number of H-pyrrole nitrogens is 1. The molecule has 0 unspecified atom stereocenters. The van der Waals surface area contributed by atoms with Crippen LogP contribution in [0.5, 0.6) is 0 Å². The van der Waals surface area contributed by atoms with Gasteiger partial charge in [0.05, 0.1) is 5.69 Å². The first kappa shape index (κ1) is 29.3. The van der Waals surface area contributed by atoms with Gasteiger partial charge in [-0.25, -0.2) is 13.8 Å². The van der Waals surface area contributed by atoms with Crippen LogP contribution in [0.15, 0.2) is 89.9 Å². The van der Waals surface area contributed by atoms with E-state index in [2.05, 4.69) is 20.6 Å². The van der Waals surface area contributed by atoms with Crippen LogP contribution in [0.1, 0.15) is 26.3 Å². The van der Waals surface area contributed by atoms with E-state index < -0.39 is 23.1 Å². The number of aromatic amines is 1. The fourth-order valence-electron chi connectivity index (χ4n) is 4.73. The molecule has 0 fully saturated rings. The SMILES string of the molecule is CN(C)CCNC(=O)c1c(-c2ccccc2)c2c(Nc3ccc(CC(=O)c4ccc(F)c(F)c4)cc3)ccnc2[nH]c1=O. The molecule has 8 nitrogen and oxygen atoms in total. The highest BCUT2D eigenvalue weighted by molar-refractivity contribution is 6.12. The molecule has 0 spiro atoms. The van der Waals surface area contributed by atoms with Crippen molar-refractivity contribution >= 4 is 34.1 Å². The molecule has 43 heavy (non-hydrogen) atoms. The lowest BCUT2D eigenvalue weighted by atomic mass is 9.96. The van der Waals surface area contributed by atoms with Crippen LogP contribution in [0.2, 0.25) is 0 Å². The summed E-state index contributed by atoms with van der Waals surface area (Å²) in [7, 11) is 3.79. The summed E-state index contributed by atoms with van der Waals surface area (Å²) in [6.07, 6.45) is 1.57. The zero-order valence-electron chi connectivity index (χ0n) is 23.6. The van der Waals surface area contributed by atoms with E-state index in [4.69, 9.17) is 0 Å². The van der Waals surface area contributed by atoms with Gasteiger partial charge in [-0.05, 0) is 61.6 Å². The number of anilines is 2. The van der Waals surface area contributed by atoms with Gasteiger partial charge in [-0.2, -0.15) is 0 Å². The Morgan fingerprint density at radius 3 is 2.37 bits per heavy atom. The average molecular weight is 582 g/mol. The normalized spacial score (nSPS) is 11.1. The van der Waals surface area contributed by atoms with Crippen molar-refractivity contribution in [1.82, 2.24) is 20.2 Å². The number of benzene rings is 3. The summed E-state index contributed by atoms with van der Waals surface area (Å²) in [5.74, 6) is -2.91. The Labute approximate surface area is 246 Å². The maximum Gasteiger partial charge on any atom is 0.263 e. The number of nitrogens with one attached hydrogen (secondary N) is 3. The number of carbonyl (C=O) groups excluding carboxylic acids is 2. The fraction of sp³-hybridized carbons (Fsp3) is 0.152. The van der Waals surface area contributed by atoms with Gasteiger partial charge in [0, 0.05) is 47.9 Å². The number of Topliss-reactive ketones (excluding diaryl/α,β-unsaturated/α-hetero) is 1. The largest absolute Gasteiger partial charge is 0.355 e. The molecule has 5 aromatic rings. The topological polar surface area (TPSA) is 107 Å². The summed E-state index contributed by atoms with van der Waals surface area (Å²) in [5, 5.41) is 6.76. The van der Waals surface area contributed by atoms with Gasteiger partial charge >= 0.3 is 0 Å². The van der Waals surface area contributed by atoms with E-state index in [1.807, 2.05) is 49.3 Å². The van der Waals surface area contributed by atoms with E-state index in [-0.39, 0.29) is 23.3 Å². The molecule has 218 valence electrons. The Bertz CT molecular complexity index is 1860. The summed E-state index contributed by atoms with van der Waals surface area (Å²) in [6.45, 7) is 0.968. The van der Waals surface area contributed by atoms with Gasteiger partial charge in [0.1, 0.15) is 11.2 Å². The van der Waals surface area contributed by atoms with Crippen molar-refractivity contribution in [3.63, 3.8) is 0 Å². The van der Waals surface area contributed by atoms with Crippen molar-refractivity contribution < 1.29 is 18.4 Å². The quantitative estimate of drug-likeness (QED) is 0.193. The average Bonchev–Trinajstić information content (AvgIpc) is 2.99. The van der Waals surface area contributed by atoms with Crippen molar-refractivity contribution in [2.75, 3.05) is 32.5 Å².